The van der Waals surface area contributed by atoms with E-state index in [0.717, 1.165) is 18.6 Å². The third-order valence-corrected chi connectivity index (χ3v) is 6.79. The first-order valence-corrected chi connectivity index (χ1v) is 10.1. The van der Waals surface area contributed by atoms with Crippen LogP contribution in [0.4, 0.5) is 0 Å². The van der Waals surface area contributed by atoms with Gasteiger partial charge in [-0.3, -0.25) is 0 Å². The Bertz CT molecular complexity index is 669. The number of hydrogen-bond acceptors (Lipinski definition) is 1. The highest BCUT2D eigenvalue weighted by atomic mass is 79.9. The normalized spacial score (nSPS) is 25.4. The fraction of sp³-hybridized carbons (Fsp3) is 0.636. The van der Waals surface area contributed by atoms with Crippen molar-refractivity contribution in [3.8, 4) is 5.75 Å². The van der Waals surface area contributed by atoms with E-state index in [4.69, 9.17) is 4.74 Å². The van der Waals surface area contributed by atoms with Crippen molar-refractivity contribution in [3.63, 3.8) is 0 Å². The van der Waals surface area contributed by atoms with E-state index >= 15 is 0 Å². The van der Waals surface area contributed by atoms with E-state index in [0.29, 0.717) is 11.8 Å². The lowest BCUT2D eigenvalue weighted by Gasteiger charge is -2.47. The first-order chi connectivity index (χ1) is 11.2. The van der Waals surface area contributed by atoms with E-state index in [2.05, 4.69) is 75.7 Å². The Kier molecular flexibility index (Phi) is 4.66. The zero-order valence-electron chi connectivity index (χ0n) is 16.0. The molecule has 3 rings (SSSR count). The molecule has 2 aliphatic rings. The molecule has 1 aromatic carbocycles. The molecule has 0 N–H and O–H groups in total. The highest BCUT2D eigenvalue weighted by Crippen LogP contribution is 2.54. The van der Waals surface area contributed by atoms with Crippen molar-refractivity contribution in [2.75, 3.05) is 0 Å². The average molecular weight is 391 g/mol. The second-order valence-electron chi connectivity index (χ2n) is 8.91. The van der Waals surface area contributed by atoms with Crippen LogP contribution in [-0.2, 0) is 5.41 Å². The molecule has 0 saturated heterocycles. The number of hydrogen-bond donors (Lipinski definition) is 0. The van der Waals surface area contributed by atoms with Crippen molar-refractivity contribution in [2.24, 2.45) is 5.92 Å². The van der Waals surface area contributed by atoms with Gasteiger partial charge in [0.2, 0.25) is 0 Å². The molecule has 1 aromatic rings. The molecule has 1 heterocycles. The number of benzene rings is 1. The summed E-state index contributed by atoms with van der Waals surface area (Å²) in [6, 6.07) is 4.67. The quantitative estimate of drug-likeness (QED) is 0.498. The van der Waals surface area contributed by atoms with Crippen molar-refractivity contribution >= 4 is 15.9 Å². The molecule has 24 heavy (non-hydrogen) atoms. The molecule has 0 bridgehead atoms. The van der Waals surface area contributed by atoms with Crippen molar-refractivity contribution < 1.29 is 4.74 Å². The maximum absolute atomic E-state index is 6.56. The van der Waals surface area contributed by atoms with Gasteiger partial charge in [-0.25, -0.2) is 0 Å². The zero-order chi connectivity index (χ0) is 17.7. The van der Waals surface area contributed by atoms with E-state index < -0.39 is 0 Å². The van der Waals surface area contributed by atoms with Gasteiger partial charge >= 0.3 is 0 Å². The molecule has 0 fully saturated rings. The highest BCUT2D eigenvalue weighted by molar-refractivity contribution is 9.10. The number of rotatable bonds is 3. The molecule has 0 amide bonds. The van der Waals surface area contributed by atoms with Crippen LogP contribution >= 0.6 is 15.9 Å². The molecule has 2 atom stereocenters. The van der Waals surface area contributed by atoms with E-state index in [9.17, 15) is 0 Å². The first kappa shape index (κ1) is 18.0. The maximum atomic E-state index is 6.56. The third-order valence-electron chi connectivity index (χ3n) is 6.13. The molecule has 1 aliphatic heterocycles. The van der Waals surface area contributed by atoms with Crippen LogP contribution < -0.4 is 4.74 Å². The van der Waals surface area contributed by atoms with E-state index in [1.807, 2.05) is 0 Å². The van der Waals surface area contributed by atoms with Crippen LogP contribution in [0.25, 0.3) is 0 Å². The Morgan fingerprint density at radius 2 is 2.00 bits per heavy atom. The summed E-state index contributed by atoms with van der Waals surface area (Å²) in [7, 11) is 0. The van der Waals surface area contributed by atoms with Crippen LogP contribution in [0.5, 0.6) is 5.75 Å². The second-order valence-corrected chi connectivity index (χ2v) is 9.77. The van der Waals surface area contributed by atoms with Gasteiger partial charge in [-0.05, 0) is 69.1 Å². The SMILES string of the molecule is CCCC(C)(C)c1cc(Br)c2c(c1)OC(C)(C)[C@@H]1CC=C(C)C[C@@H]21. The second kappa shape index (κ2) is 6.20. The standard InChI is InChI=1S/C22H31BrO/c1-7-10-21(3,4)15-12-18(23)20-16-11-14(2)8-9-17(16)22(5,6)24-19(20)13-15/h8,12-13,16-17H,7,9-11H2,1-6H3/t16-,17-/m1/s1. The Morgan fingerprint density at radius 1 is 1.29 bits per heavy atom. The molecule has 0 saturated carbocycles. The smallest absolute Gasteiger partial charge is 0.125 e. The summed E-state index contributed by atoms with van der Waals surface area (Å²) in [5, 5.41) is 0. The van der Waals surface area contributed by atoms with Crippen LogP contribution in [0.3, 0.4) is 0 Å². The predicted molar refractivity (Wildman–Crippen MR) is 106 cm³/mol. The lowest BCUT2D eigenvalue weighted by atomic mass is 9.67. The first-order valence-electron chi connectivity index (χ1n) is 9.34. The summed E-state index contributed by atoms with van der Waals surface area (Å²) in [5.74, 6) is 2.22. The summed E-state index contributed by atoms with van der Waals surface area (Å²) in [5.41, 5.74) is 4.36. The van der Waals surface area contributed by atoms with Crippen molar-refractivity contribution in [1.82, 2.24) is 0 Å². The molecule has 0 spiro atoms. The zero-order valence-corrected chi connectivity index (χ0v) is 17.6. The Hall–Kier alpha value is -0.760. The fourth-order valence-electron chi connectivity index (χ4n) is 4.69. The minimum absolute atomic E-state index is 0.109. The third kappa shape index (κ3) is 3.07. The topological polar surface area (TPSA) is 9.23 Å². The molecule has 0 unspecified atom stereocenters. The number of ether oxygens (including phenoxy) is 1. The van der Waals surface area contributed by atoms with Gasteiger partial charge in [0.15, 0.2) is 0 Å². The average Bonchev–Trinajstić information content (AvgIpc) is 2.45. The Morgan fingerprint density at radius 3 is 2.67 bits per heavy atom. The molecule has 0 aromatic heterocycles. The van der Waals surface area contributed by atoms with Gasteiger partial charge in [-0.2, -0.15) is 0 Å². The lowest BCUT2D eigenvalue weighted by Crippen LogP contribution is -2.45. The Labute approximate surface area is 156 Å². The van der Waals surface area contributed by atoms with Gasteiger partial charge in [0.05, 0.1) is 0 Å². The summed E-state index contributed by atoms with van der Waals surface area (Å²) < 4.78 is 7.80. The molecular weight excluding hydrogens is 360 g/mol. The van der Waals surface area contributed by atoms with Crippen LogP contribution in [0.1, 0.15) is 84.3 Å². The van der Waals surface area contributed by atoms with Crippen LogP contribution in [-0.4, -0.2) is 5.60 Å². The molecule has 1 aliphatic carbocycles. The van der Waals surface area contributed by atoms with Crippen molar-refractivity contribution in [1.29, 1.82) is 0 Å². The largest absolute Gasteiger partial charge is 0.487 e. The van der Waals surface area contributed by atoms with E-state index in [-0.39, 0.29) is 11.0 Å². The van der Waals surface area contributed by atoms with Crippen molar-refractivity contribution in [2.45, 2.75) is 84.2 Å². The van der Waals surface area contributed by atoms with Gasteiger partial charge in [0, 0.05) is 16.0 Å². The molecule has 1 nitrogen and oxygen atoms in total. The van der Waals surface area contributed by atoms with Crippen LogP contribution in [0, 0.1) is 5.92 Å². The summed E-state index contributed by atoms with van der Waals surface area (Å²) >= 11 is 3.90. The van der Waals surface area contributed by atoms with Gasteiger partial charge in [0.1, 0.15) is 11.4 Å². The molecule has 0 radical (unpaired) electrons. The van der Waals surface area contributed by atoms with Gasteiger partial charge in [-0.15, -0.1) is 0 Å². The summed E-state index contributed by atoms with van der Waals surface area (Å²) in [4.78, 5) is 0. The minimum Gasteiger partial charge on any atom is -0.487 e. The highest BCUT2D eigenvalue weighted by Gasteiger charge is 2.45. The minimum atomic E-state index is -0.109. The Balaban J connectivity index is 2.10. The van der Waals surface area contributed by atoms with Gasteiger partial charge in [-0.1, -0.05) is 54.8 Å². The number of allylic oxidation sites excluding steroid dienone is 2. The summed E-state index contributed by atoms with van der Waals surface area (Å²) in [6.45, 7) is 13.7. The summed E-state index contributed by atoms with van der Waals surface area (Å²) in [6.07, 6.45) is 7.07. The lowest BCUT2D eigenvalue weighted by molar-refractivity contribution is 0.00805. The van der Waals surface area contributed by atoms with Crippen LogP contribution in [0.15, 0.2) is 28.3 Å². The monoisotopic (exact) mass is 390 g/mol. The van der Waals surface area contributed by atoms with E-state index in [1.54, 1.807) is 0 Å². The maximum Gasteiger partial charge on any atom is 0.125 e. The van der Waals surface area contributed by atoms with Crippen molar-refractivity contribution in [3.05, 3.63) is 39.4 Å². The number of fused-ring (bicyclic) bond motifs is 3. The van der Waals surface area contributed by atoms with Gasteiger partial charge in [0.25, 0.3) is 0 Å². The van der Waals surface area contributed by atoms with Crippen LogP contribution in [0.2, 0.25) is 0 Å². The molecule has 2 heteroatoms. The predicted octanol–water partition coefficient (Wildman–Crippen LogP) is 7.14. The van der Waals surface area contributed by atoms with E-state index in [1.165, 1.54) is 34.0 Å². The number of halogens is 1. The molecule has 132 valence electrons. The molecular formula is C22H31BrO. The van der Waals surface area contributed by atoms with Gasteiger partial charge < -0.3 is 4.74 Å². The fourth-order valence-corrected chi connectivity index (χ4v) is 5.43.